The van der Waals surface area contributed by atoms with Gasteiger partial charge in [0.1, 0.15) is 10.9 Å². The molecule has 1 unspecified atom stereocenters. The van der Waals surface area contributed by atoms with Crippen LogP contribution >= 0.6 is 11.3 Å². The molecular weight excluding hydrogens is 356 g/mol. The lowest BCUT2D eigenvalue weighted by molar-refractivity contribution is -0.141. The Morgan fingerprint density at radius 3 is 2.73 bits per heavy atom. The number of carbonyl (C=O) groups excluding carboxylic acids is 2. The van der Waals surface area contributed by atoms with E-state index in [0.717, 1.165) is 15.9 Å². The number of carboxylic acid groups (broad SMARTS) is 1. The summed E-state index contributed by atoms with van der Waals surface area (Å²) in [6.07, 6.45) is 1.65. The molecule has 1 saturated carbocycles. The van der Waals surface area contributed by atoms with Crippen molar-refractivity contribution in [2.75, 3.05) is 0 Å². The predicted molar refractivity (Wildman–Crippen MR) is 97.2 cm³/mol. The lowest BCUT2D eigenvalue weighted by Gasteiger charge is -2.17. The van der Waals surface area contributed by atoms with Crippen LogP contribution in [0.1, 0.15) is 41.6 Å². The van der Waals surface area contributed by atoms with Crippen LogP contribution in [0.3, 0.4) is 0 Å². The molecule has 2 aromatic rings. The summed E-state index contributed by atoms with van der Waals surface area (Å²) < 4.78 is 1.74. The average Bonchev–Trinajstić information content (AvgIpc) is 3.26. The minimum absolute atomic E-state index is 0.152. The van der Waals surface area contributed by atoms with E-state index in [1.165, 1.54) is 11.3 Å². The highest BCUT2D eigenvalue weighted by Gasteiger charge is 2.31. The van der Waals surface area contributed by atoms with Gasteiger partial charge in [0.25, 0.3) is 5.91 Å². The van der Waals surface area contributed by atoms with Gasteiger partial charge in [0, 0.05) is 18.5 Å². The van der Waals surface area contributed by atoms with Crippen LogP contribution in [-0.4, -0.2) is 44.8 Å². The number of nitrogens with one attached hydrogen (secondary N) is 2. The van der Waals surface area contributed by atoms with Gasteiger partial charge in [0.2, 0.25) is 5.91 Å². The van der Waals surface area contributed by atoms with Crippen molar-refractivity contribution >= 4 is 39.3 Å². The lowest BCUT2D eigenvalue weighted by atomic mass is 10.1. The summed E-state index contributed by atoms with van der Waals surface area (Å²) in [5.41, 5.74) is 0.859. The number of hydrogen-bond acceptors (Lipinski definition) is 5. The van der Waals surface area contributed by atoms with Crippen LogP contribution < -0.4 is 10.6 Å². The van der Waals surface area contributed by atoms with Crippen molar-refractivity contribution in [3.05, 3.63) is 16.6 Å². The van der Waals surface area contributed by atoms with E-state index in [4.69, 9.17) is 5.11 Å². The first-order valence-electron chi connectivity index (χ1n) is 8.53. The van der Waals surface area contributed by atoms with Crippen molar-refractivity contribution < 1.29 is 19.5 Å². The van der Waals surface area contributed by atoms with Crippen LogP contribution in [0.4, 0.5) is 0 Å². The molecule has 0 radical (unpaired) electrons. The zero-order valence-corrected chi connectivity index (χ0v) is 15.7. The number of carbonyl (C=O) groups is 3. The molecule has 0 bridgehead atoms. The van der Waals surface area contributed by atoms with Crippen LogP contribution in [0.2, 0.25) is 0 Å². The van der Waals surface area contributed by atoms with Crippen LogP contribution in [0.5, 0.6) is 0 Å². The van der Waals surface area contributed by atoms with Crippen molar-refractivity contribution in [1.29, 1.82) is 0 Å². The summed E-state index contributed by atoms with van der Waals surface area (Å²) in [7, 11) is 1.83. The molecule has 3 rings (SSSR count). The summed E-state index contributed by atoms with van der Waals surface area (Å²) in [6, 6.07) is 0.938. The zero-order chi connectivity index (χ0) is 19.0. The van der Waals surface area contributed by atoms with Crippen LogP contribution in [0.15, 0.2) is 6.07 Å². The maximum Gasteiger partial charge on any atom is 0.306 e. The van der Waals surface area contributed by atoms with Gasteiger partial charge in [-0.2, -0.15) is 5.10 Å². The van der Waals surface area contributed by atoms with E-state index in [0.29, 0.717) is 24.1 Å². The van der Waals surface area contributed by atoms with Crippen LogP contribution in [-0.2, 0) is 16.6 Å². The largest absolute Gasteiger partial charge is 0.481 e. The van der Waals surface area contributed by atoms with E-state index in [1.54, 1.807) is 17.7 Å². The number of thiophene rings is 1. The number of nitrogens with zero attached hydrogens (tertiary/aromatic N) is 2. The Morgan fingerprint density at radius 2 is 2.12 bits per heavy atom. The Bertz CT molecular complexity index is 837. The third-order valence-corrected chi connectivity index (χ3v) is 5.99. The highest BCUT2D eigenvalue weighted by atomic mass is 32.1. The first-order chi connectivity index (χ1) is 12.3. The first-order valence-corrected chi connectivity index (χ1v) is 9.35. The Labute approximate surface area is 154 Å². The van der Waals surface area contributed by atoms with Gasteiger partial charge in [-0.25, -0.2) is 0 Å². The van der Waals surface area contributed by atoms with Gasteiger partial charge in [-0.15, -0.1) is 11.3 Å². The fraction of sp³-hybridized carbons (Fsp3) is 0.529. The average molecular weight is 378 g/mol. The lowest BCUT2D eigenvalue weighted by Crippen LogP contribution is -2.47. The van der Waals surface area contributed by atoms with E-state index in [-0.39, 0.29) is 17.9 Å². The first kappa shape index (κ1) is 18.4. The third-order valence-electron chi connectivity index (χ3n) is 4.79. The minimum Gasteiger partial charge on any atom is -0.481 e. The summed E-state index contributed by atoms with van der Waals surface area (Å²) in [4.78, 5) is 37.2. The molecule has 0 aliphatic heterocycles. The molecule has 9 heteroatoms. The molecule has 8 nitrogen and oxygen atoms in total. The van der Waals surface area contributed by atoms with Crippen LogP contribution in [0, 0.1) is 12.8 Å². The standard InChI is InChI=1S/C17H22N4O4S/c1-8-12-7-13(26-16(12)21(3)20-8)15(23)18-9(2)14(22)19-11-5-4-10(6-11)17(24)25/h7,9-11H,4-6H2,1-3H3,(H,18,23)(H,19,22)(H,24,25)/t9?,10-,11+/m0/s1. The number of hydrogen-bond donors (Lipinski definition) is 3. The van der Waals surface area contributed by atoms with Crippen molar-refractivity contribution in [1.82, 2.24) is 20.4 Å². The van der Waals surface area contributed by atoms with Crippen molar-refractivity contribution in [3.63, 3.8) is 0 Å². The maximum atomic E-state index is 12.4. The van der Waals surface area contributed by atoms with E-state index in [2.05, 4.69) is 15.7 Å². The number of amides is 2. The third kappa shape index (κ3) is 3.57. The summed E-state index contributed by atoms with van der Waals surface area (Å²) in [6.45, 7) is 3.51. The highest BCUT2D eigenvalue weighted by Crippen LogP contribution is 2.28. The number of fused-ring (bicyclic) bond motifs is 1. The predicted octanol–water partition coefficient (Wildman–Crippen LogP) is 1.43. The van der Waals surface area contributed by atoms with Gasteiger partial charge in [-0.3, -0.25) is 19.1 Å². The molecule has 0 spiro atoms. The minimum atomic E-state index is -0.822. The Hall–Kier alpha value is -2.42. The molecular formula is C17H22N4O4S. The molecule has 140 valence electrons. The molecule has 0 aromatic carbocycles. The van der Waals surface area contributed by atoms with Gasteiger partial charge in [-0.1, -0.05) is 0 Å². The number of aliphatic carboxylic acids is 1. The van der Waals surface area contributed by atoms with Crippen LogP contribution in [0.25, 0.3) is 10.2 Å². The SMILES string of the molecule is Cc1nn(C)c2sc(C(=O)NC(C)C(=O)N[C@@H]3CC[C@H](C(=O)O)C3)cc12. The fourth-order valence-electron chi connectivity index (χ4n) is 3.31. The number of carboxylic acids is 1. The topological polar surface area (TPSA) is 113 Å². The Balaban J connectivity index is 1.58. The molecule has 1 aliphatic rings. The zero-order valence-electron chi connectivity index (χ0n) is 14.9. The van der Waals surface area contributed by atoms with Crippen molar-refractivity contribution in [2.24, 2.45) is 13.0 Å². The van der Waals surface area contributed by atoms with E-state index < -0.39 is 17.9 Å². The number of aromatic nitrogens is 2. The number of aryl methyl sites for hydroxylation is 2. The Kier molecular flexibility index (Phi) is 4.99. The van der Waals surface area contributed by atoms with Gasteiger partial charge >= 0.3 is 5.97 Å². The van der Waals surface area contributed by atoms with E-state index in [1.807, 2.05) is 14.0 Å². The van der Waals surface area contributed by atoms with Gasteiger partial charge < -0.3 is 15.7 Å². The molecule has 2 aromatic heterocycles. The number of rotatable bonds is 5. The Morgan fingerprint density at radius 1 is 1.38 bits per heavy atom. The second kappa shape index (κ2) is 7.06. The molecule has 2 heterocycles. The quantitative estimate of drug-likeness (QED) is 0.728. The molecule has 3 atom stereocenters. The maximum absolute atomic E-state index is 12.4. The molecule has 26 heavy (non-hydrogen) atoms. The monoisotopic (exact) mass is 378 g/mol. The molecule has 1 aliphatic carbocycles. The smallest absolute Gasteiger partial charge is 0.306 e. The van der Waals surface area contributed by atoms with E-state index in [9.17, 15) is 14.4 Å². The summed E-state index contributed by atoms with van der Waals surface area (Å²) in [5.74, 6) is -1.82. The molecule has 3 N–H and O–H groups in total. The normalized spacial score (nSPS) is 20.9. The molecule has 2 amide bonds. The summed E-state index contributed by atoms with van der Waals surface area (Å²) in [5, 5.41) is 19.8. The summed E-state index contributed by atoms with van der Waals surface area (Å²) >= 11 is 1.33. The second-order valence-electron chi connectivity index (χ2n) is 6.79. The second-order valence-corrected chi connectivity index (χ2v) is 7.82. The van der Waals surface area contributed by atoms with Crippen molar-refractivity contribution in [2.45, 2.75) is 45.2 Å². The van der Waals surface area contributed by atoms with E-state index >= 15 is 0 Å². The van der Waals surface area contributed by atoms with Gasteiger partial charge in [0.15, 0.2) is 0 Å². The van der Waals surface area contributed by atoms with Gasteiger partial charge in [0.05, 0.1) is 16.5 Å². The highest BCUT2D eigenvalue weighted by molar-refractivity contribution is 7.20. The van der Waals surface area contributed by atoms with Crippen molar-refractivity contribution in [3.8, 4) is 0 Å². The molecule has 1 fully saturated rings. The molecule has 0 saturated heterocycles. The fourth-order valence-corrected chi connectivity index (χ4v) is 4.34. The van der Waals surface area contributed by atoms with Gasteiger partial charge in [-0.05, 0) is 39.2 Å².